The van der Waals surface area contributed by atoms with Crippen LogP contribution in [-0.4, -0.2) is 64.9 Å². The molecule has 1 aliphatic rings. The van der Waals surface area contributed by atoms with Crippen LogP contribution in [-0.2, 0) is 19.2 Å². The van der Waals surface area contributed by atoms with E-state index in [4.69, 9.17) is 10.8 Å². The minimum atomic E-state index is -1.04. The number of carbonyl (C=O) groups excluding carboxylic acids is 3. The van der Waals surface area contributed by atoms with Crippen LogP contribution in [0.15, 0.2) is 0 Å². The van der Waals surface area contributed by atoms with Crippen LogP contribution in [0.3, 0.4) is 0 Å². The average Bonchev–Trinajstić information content (AvgIpc) is 3.06. The van der Waals surface area contributed by atoms with Gasteiger partial charge in [-0.1, -0.05) is 27.7 Å². The summed E-state index contributed by atoms with van der Waals surface area (Å²) in [6.07, 6.45) is 1.53. The van der Waals surface area contributed by atoms with Crippen molar-refractivity contribution in [1.29, 1.82) is 0 Å². The number of likely N-dealkylation sites (tertiary alicyclic amines) is 1. The van der Waals surface area contributed by atoms with E-state index in [-0.39, 0.29) is 18.4 Å². The SMILES string of the molecule is CC(C)CC(N)C(=O)NC(C(=O)NCC(=O)N1CCCC1C(=O)O)C(C)C. The zero-order chi connectivity index (χ0) is 20.7. The first kappa shape index (κ1) is 22.9. The highest BCUT2D eigenvalue weighted by Gasteiger charge is 2.34. The lowest BCUT2D eigenvalue weighted by molar-refractivity contribution is -0.148. The van der Waals surface area contributed by atoms with Crippen LogP contribution in [0.2, 0.25) is 0 Å². The number of carbonyl (C=O) groups is 4. The predicted octanol–water partition coefficient (Wildman–Crippen LogP) is -0.308. The lowest BCUT2D eigenvalue weighted by atomic mass is 10.0. The molecule has 9 heteroatoms. The molecule has 0 aromatic heterocycles. The zero-order valence-corrected chi connectivity index (χ0v) is 16.5. The van der Waals surface area contributed by atoms with E-state index in [1.165, 1.54) is 4.90 Å². The number of hydrogen-bond acceptors (Lipinski definition) is 5. The van der Waals surface area contributed by atoms with E-state index in [9.17, 15) is 19.2 Å². The summed E-state index contributed by atoms with van der Waals surface area (Å²) >= 11 is 0. The van der Waals surface area contributed by atoms with Gasteiger partial charge in [0, 0.05) is 6.54 Å². The van der Waals surface area contributed by atoms with Crippen molar-refractivity contribution in [2.45, 2.75) is 65.1 Å². The molecular weight excluding hydrogens is 352 g/mol. The van der Waals surface area contributed by atoms with Gasteiger partial charge < -0.3 is 26.4 Å². The lowest BCUT2D eigenvalue weighted by Crippen LogP contribution is -2.55. The fraction of sp³-hybridized carbons (Fsp3) is 0.778. The van der Waals surface area contributed by atoms with Crippen LogP contribution in [0.5, 0.6) is 0 Å². The van der Waals surface area contributed by atoms with Crippen LogP contribution < -0.4 is 16.4 Å². The Morgan fingerprint density at radius 2 is 1.78 bits per heavy atom. The molecule has 1 heterocycles. The van der Waals surface area contributed by atoms with Crippen molar-refractivity contribution < 1.29 is 24.3 Å². The summed E-state index contributed by atoms with van der Waals surface area (Å²) < 4.78 is 0. The third kappa shape index (κ3) is 6.82. The minimum absolute atomic E-state index is 0.200. The molecule has 0 radical (unpaired) electrons. The molecular formula is C18H32N4O5. The molecule has 1 saturated heterocycles. The topological polar surface area (TPSA) is 142 Å². The van der Waals surface area contributed by atoms with Gasteiger partial charge in [0.15, 0.2) is 0 Å². The second kappa shape index (κ2) is 10.2. The van der Waals surface area contributed by atoms with E-state index in [1.807, 2.05) is 13.8 Å². The molecule has 3 atom stereocenters. The Balaban J connectivity index is 2.61. The Bertz CT molecular complexity index is 564. The van der Waals surface area contributed by atoms with Crippen LogP contribution in [0.1, 0.15) is 47.0 Å². The second-order valence-corrected chi connectivity index (χ2v) is 7.77. The molecule has 1 fully saturated rings. The van der Waals surface area contributed by atoms with E-state index in [2.05, 4.69) is 10.6 Å². The number of carboxylic acid groups (broad SMARTS) is 1. The first-order valence-corrected chi connectivity index (χ1v) is 9.40. The number of rotatable bonds is 9. The molecule has 0 aromatic rings. The number of hydrogen-bond donors (Lipinski definition) is 4. The summed E-state index contributed by atoms with van der Waals surface area (Å²) in [5.74, 6) is -2.34. The van der Waals surface area contributed by atoms with Crippen LogP contribution >= 0.6 is 0 Å². The summed E-state index contributed by atoms with van der Waals surface area (Å²) in [6, 6.07) is -2.37. The molecule has 5 N–H and O–H groups in total. The molecule has 3 amide bonds. The number of nitrogens with zero attached hydrogens (tertiary/aromatic N) is 1. The van der Waals surface area contributed by atoms with E-state index in [1.54, 1.807) is 13.8 Å². The van der Waals surface area contributed by atoms with Gasteiger partial charge in [-0.2, -0.15) is 0 Å². The maximum atomic E-state index is 12.4. The monoisotopic (exact) mass is 384 g/mol. The first-order valence-electron chi connectivity index (χ1n) is 9.40. The van der Waals surface area contributed by atoms with Gasteiger partial charge in [-0.3, -0.25) is 14.4 Å². The maximum absolute atomic E-state index is 12.4. The van der Waals surface area contributed by atoms with E-state index in [0.29, 0.717) is 25.8 Å². The maximum Gasteiger partial charge on any atom is 0.326 e. The fourth-order valence-electron chi connectivity index (χ4n) is 3.11. The Morgan fingerprint density at radius 3 is 2.30 bits per heavy atom. The third-order valence-corrected chi connectivity index (χ3v) is 4.58. The normalized spacial score (nSPS) is 19.1. The highest BCUT2D eigenvalue weighted by molar-refractivity contribution is 5.92. The molecule has 27 heavy (non-hydrogen) atoms. The van der Waals surface area contributed by atoms with Gasteiger partial charge in [0.2, 0.25) is 17.7 Å². The van der Waals surface area contributed by atoms with Crippen molar-refractivity contribution in [2.75, 3.05) is 13.1 Å². The molecule has 154 valence electrons. The summed E-state index contributed by atoms with van der Waals surface area (Å²) in [7, 11) is 0. The number of nitrogens with two attached hydrogens (primary N) is 1. The summed E-state index contributed by atoms with van der Waals surface area (Å²) in [6.45, 7) is 7.52. The van der Waals surface area contributed by atoms with Gasteiger partial charge in [0.05, 0.1) is 12.6 Å². The molecule has 3 unspecified atom stereocenters. The smallest absolute Gasteiger partial charge is 0.326 e. The largest absolute Gasteiger partial charge is 0.480 e. The first-order chi connectivity index (χ1) is 12.5. The van der Waals surface area contributed by atoms with Gasteiger partial charge in [-0.25, -0.2) is 4.79 Å². The van der Waals surface area contributed by atoms with Gasteiger partial charge >= 0.3 is 5.97 Å². The fourth-order valence-corrected chi connectivity index (χ4v) is 3.11. The van der Waals surface area contributed by atoms with Gasteiger partial charge in [0.25, 0.3) is 0 Å². The van der Waals surface area contributed by atoms with Crippen molar-refractivity contribution in [2.24, 2.45) is 17.6 Å². The van der Waals surface area contributed by atoms with Crippen molar-refractivity contribution in [3.05, 3.63) is 0 Å². The van der Waals surface area contributed by atoms with E-state index in [0.717, 1.165) is 0 Å². The van der Waals surface area contributed by atoms with E-state index >= 15 is 0 Å². The Hall–Kier alpha value is -2.16. The van der Waals surface area contributed by atoms with Crippen LogP contribution in [0.25, 0.3) is 0 Å². The molecule has 1 rings (SSSR count). The highest BCUT2D eigenvalue weighted by atomic mass is 16.4. The number of aliphatic carboxylic acids is 1. The predicted molar refractivity (Wildman–Crippen MR) is 99.6 cm³/mol. The standard InChI is InChI=1S/C18H32N4O5/c1-10(2)8-12(19)16(24)21-15(11(3)4)17(25)20-9-14(23)22-7-5-6-13(22)18(26)27/h10-13,15H,5-9,19H2,1-4H3,(H,20,25)(H,21,24)(H,26,27). The zero-order valence-electron chi connectivity index (χ0n) is 16.5. The van der Waals surface area contributed by atoms with Gasteiger partial charge in [-0.05, 0) is 31.1 Å². The van der Waals surface area contributed by atoms with Crippen LogP contribution in [0, 0.1) is 11.8 Å². The van der Waals surface area contributed by atoms with Crippen molar-refractivity contribution in [3.63, 3.8) is 0 Å². The molecule has 0 bridgehead atoms. The van der Waals surface area contributed by atoms with Crippen molar-refractivity contribution in [1.82, 2.24) is 15.5 Å². The molecule has 0 aliphatic carbocycles. The number of nitrogens with one attached hydrogen (secondary N) is 2. The molecule has 1 aliphatic heterocycles. The Labute approximate surface area is 160 Å². The lowest BCUT2D eigenvalue weighted by Gasteiger charge is -2.25. The Morgan fingerprint density at radius 1 is 1.15 bits per heavy atom. The van der Waals surface area contributed by atoms with Crippen molar-refractivity contribution >= 4 is 23.7 Å². The van der Waals surface area contributed by atoms with E-state index < -0.39 is 41.8 Å². The molecule has 0 aromatic carbocycles. The number of amides is 3. The van der Waals surface area contributed by atoms with Gasteiger partial charge in [-0.15, -0.1) is 0 Å². The Kier molecular flexibility index (Phi) is 8.68. The van der Waals surface area contributed by atoms with Crippen molar-refractivity contribution in [3.8, 4) is 0 Å². The summed E-state index contributed by atoms with van der Waals surface area (Å²) in [5, 5.41) is 14.3. The molecule has 0 spiro atoms. The highest BCUT2D eigenvalue weighted by Crippen LogP contribution is 2.17. The quantitative estimate of drug-likeness (QED) is 0.430. The summed E-state index contributed by atoms with van der Waals surface area (Å²) in [5.41, 5.74) is 5.86. The number of carboxylic acids is 1. The van der Waals surface area contributed by atoms with Gasteiger partial charge in [0.1, 0.15) is 12.1 Å². The average molecular weight is 384 g/mol. The molecule has 0 saturated carbocycles. The second-order valence-electron chi connectivity index (χ2n) is 7.77. The minimum Gasteiger partial charge on any atom is -0.480 e. The van der Waals surface area contributed by atoms with Crippen LogP contribution in [0.4, 0.5) is 0 Å². The summed E-state index contributed by atoms with van der Waals surface area (Å²) in [4.78, 5) is 49.3. The third-order valence-electron chi connectivity index (χ3n) is 4.58. The molecule has 9 nitrogen and oxygen atoms in total.